The van der Waals surface area contributed by atoms with Gasteiger partial charge in [0.15, 0.2) is 5.82 Å². The molecule has 2 unspecified atom stereocenters. The van der Waals surface area contributed by atoms with Crippen LogP contribution in [0.2, 0.25) is 0 Å². The molecule has 156 valence electrons. The molecule has 1 N–H and O–H groups in total. The number of aromatic nitrogens is 4. The standard InChI is InChI=1S/C22H25FN6O/c1-14(30)28-8-7-21-19(13-28)22(26-29(21)12-16-9-20(16)23)25-18-5-3-15(4-6-18)17-10-24-27(2)11-17/h3-6,10-11,16,20H,7-9,12-13H2,1-2H3,(H,25,26). The van der Waals surface area contributed by atoms with E-state index in [9.17, 15) is 9.18 Å². The van der Waals surface area contributed by atoms with Crippen LogP contribution in [0.25, 0.3) is 11.1 Å². The topological polar surface area (TPSA) is 68.0 Å². The van der Waals surface area contributed by atoms with Crippen LogP contribution in [0, 0.1) is 5.92 Å². The van der Waals surface area contributed by atoms with Crippen molar-refractivity contribution >= 4 is 17.4 Å². The first-order valence-corrected chi connectivity index (χ1v) is 10.3. The van der Waals surface area contributed by atoms with Crippen molar-refractivity contribution in [3.8, 4) is 11.1 Å². The predicted octanol–water partition coefficient (Wildman–Crippen LogP) is 3.29. The minimum atomic E-state index is -0.710. The number of halogens is 1. The lowest BCUT2D eigenvalue weighted by Gasteiger charge is -2.26. The maximum atomic E-state index is 13.5. The van der Waals surface area contributed by atoms with Gasteiger partial charge in [-0.15, -0.1) is 0 Å². The maximum Gasteiger partial charge on any atom is 0.219 e. The highest BCUT2D eigenvalue weighted by Gasteiger charge is 2.39. The molecule has 0 spiro atoms. The number of anilines is 2. The monoisotopic (exact) mass is 408 g/mol. The van der Waals surface area contributed by atoms with Crippen molar-refractivity contribution < 1.29 is 9.18 Å². The summed E-state index contributed by atoms with van der Waals surface area (Å²) in [6.07, 6.45) is 4.47. The maximum absolute atomic E-state index is 13.5. The van der Waals surface area contributed by atoms with Gasteiger partial charge in [0.25, 0.3) is 0 Å². The molecule has 7 nitrogen and oxygen atoms in total. The second-order valence-corrected chi connectivity index (χ2v) is 8.26. The number of carbonyl (C=O) groups is 1. The highest BCUT2D eigenvalue weighted by Crippen LogP contribution is 2.37. The minimum Gasteiger partial charge on any atom is -0.338 e. The Bertz CT molecular complexity index is 1090. The van der Waals surface area contributed by atoms with Gasteiger partial charge in [0.2, 0.25) is 5.91 Å². The van der Waals surface area contributed by atoms with E-state index < -0.39 is 6.17 Å². The molecule has 1 fully saturated rings. The van der Waals surface area contributed by atoms with E-state index in [4.69, 9.17) is 5.10 Å². The van der Waals surface area contributed by atoms with Crippen LogP contribution >= 0.6 is 0 Å². The average Bonchev–Trinajstić information content (AvgIpc) is 3.10. The fourth-order valence-electron chi connectivity index (χ4n) is 4.09. The van der Waals surface area contributed by atoms with E-state index in [0.29, 0.717) is 26.1 Å². The molecule has 8 heteroatoms. The van der Waals surface area contributed by atoms with Crippen LogP contribution < -0.4 is 5.32 Å². The Morgan fingerprint density at radius 2 is 2.03 bits per heavy atom. The smallest absolute Gasteiger partial charge is 0.219 e. The zero-order valence-electron chi connectivity index (χ0n) is 17.2. The summed E-state index contributed by atoms with van der Waals surface area (Å²) >= 11 is 0. The summed E-state index contributed by atoms with van der Waals surface area (Å²) in [5.41, 5.74) is 5.22. The highest BCUT2D eigenvalue weighted by atomic mass is 19.1. The van der Waals surface area contributed by atoms with Crippen LogP contribution in [-0.4, -0.2) is 43.1 Å². The molecule has 2 aromatic heterocycles. The van der Waals surface area contributed by atoms with Gasteiger partial charge in [0.1, 0.15) is 6.17 Å². The highest BCUT2D eigenvalue weighted by molar-refractivity contribution is 5.74. The summed E-state index contributed by atoms with van der Waals surface area (Å²) in [4.78, 5) is 13.7. The van der Waals surface area contributed by atoms with E-state index in [0.717, 1.165) is 40.3 Å². The van der Waals surface area contributed by atoms with Gasteiger partial charge < -0.3 is 10.2 Å². The zero-order chi connectivity index (χ0) is 20.8. The quantitative estimate of drug-likeness (QED) is 0.704. The summed E-state index contributed by atoms with van der Waals surface area (Å²) in [6.45, 7) is 3.41. The molecule has 1 aliphatic heterocycles. The van der Waals surface area contributed by atoms with Crippen molar-refractivity contribution in [1.82, 2.24) is 24.5 Å². The minimum absolute atomic E-state index is 0.0613. The molecule has 30 heavy (non-hydrogen) atoms. The van der Waals surface area contributed by atoms with Gasteiger partial charge in [-0.2, -0.15) is 10.2 Å². The largest absolute Gasteiger partial charge is 0.338 e. The first kappa shape index (κ1) is 18.8. The lowest BCUT2D eigenvalue weighted by molar-refractivity contribution is -0.129. The van der Waals surface area contributed by atoms with E-state index in [2.05, 4.69) is 10.4 Å². The SMILES string of the molecule is CC(=O)N1CCc2c(c(Nc3ccc(-c4cnn(C)c4)cc3)nn2CC2CC2F)C1. The average molecular weight is 408 g/mol. The molecule has 1 aromatic carbocycles. The number of hydrogen-bond acceptors (Lipinski definition) is 4. The molecule has 2 aliphatic rings. The lowest BCUT2D eigenvalue weighted by atomic mass is 10.1. The summed E-state index contributed by atoms with van der Waals surface area (Å²) in [5, 5.41) is 12.4. The van der Waals surface area contributed by atoms with Crippen LogP contribution in [0.1, 0.15) is 24.6 Å². The Morgan fingerprint density at radius 3 is 2.67 bits per heavy atom. The molecule has 0 saturated heterocycles. The number of carbonyl (C=O) groups excluding carboxylic acids is 1. The van der Waals surface area contributed by atoms with Crippen LogP contribution in [-0.2, 0) is 31.4 Å². The number of nitrogens with one attached hydrogen (secondary N) is 1. The van der Waals surface area contributed by atoms with Gasteiger partial charge in [0, 0.05) is 68.1 Å². The van der Waals surface area contributed by atoms with Crippen LogP contribution in [0.15, 0.2) is 36.7 Å². The third-order valence-corrected chi connectivity index (χ3v) is 6.01. The molecular formula is C22H25FN6O. The third-order valence-electron chi connectivity index (χ3n) is 6.01. The molecule has 1 aliphatic carbocycles. The van der Waals surface area contributed by atoms with Crippen molar-refractivity contribution in [2.24, 2.45) is 13.0 Å². The summed E-state index contributed by atoms with van der Waals surface area (Å²) in [7, 11) is 1.90. The van der Waals surface area contributed by atoms with Crippen LogP contribution in [0.4, 0.5) is 15.9 Å². The zero-order valence-corrected chi connectivity index (χ0v) is 17.2. The van der Waals surface area contributed by atoms with Gasteiger partial charge in [-0.25, -0.2) is 4.39 Å². The summed E-state index contributed by atoms with van der Waals surface area (Å²) < 4.78 is 17.2. The van der Waals surface area contributed by atoms with Gasteiger partial charge in [-0.05, 0) is 24.1 Å². The Kier molecular flexibility index (Phi) is 4.56. The van der Waals surface area contributed by atoms with Crippen LogP contribution in [0.5, 0.6) is 0 Å². The molecule has 1 amide bonds. The van der Waals surface area contributed by atoms with E-state index in [-0.39, 0.29) is 11.8 Å². The van der Waals surface area contributed by atoms with E-state index >= 15 is 0 Å². The number of aryl methyl sites for hydroxylation is 1. The van der Waals surface area contributed by atoms with Crippen molar-refractivity contribution in [3.05, 3.63) is 47.9 Å². The van der Waals surface area contributed by atoms with Crippen molar-refractivity contribution in [2.45, 2.75) is 39.0 Å². The van der Waals surface area contributed by atoms with Gasteiger partial charge in [-0.1, -0.05) is 12.1 Å². The van der Waals surface area contributed by atoms with E-state index in [1.54, 1.807) is 11.6 Å². The molecular weight excluding hydrogens is 383 g/mol. The predicted molar refractivity (Wildman–Crippen MR) is 112 cm³/mol. The number of rotatable bonds is 5. The van der Waals surface area contributed by atoms with Crippen molar-refractivity contribution in [2.75, 3.05) is 11.9 Å². The second kappa shape index (κ2) is 7.27. The van der Waals surface area contributed by atoms with E-state index in [1.807, 2.05) is 53.3 Å². The number of amides is 1. The molecule has 5 rings (SSSR count). The van der Waals surface area contributed by atoms with Crippen LogP contribution in [0.3, 0.4) is 0 Å². The number of fused-ring (bicyclic) bond motifs is 1. The second-order valence-electron chi connectivity index (χ2n) is 8.26. The van der Waals surface area contributed by atoms with E-state index in [1.165, 1.54) is 0 Å². The first-order valence-electron chi connectivity index (χ1n) is 10.3. The molecule has 0 bridgehead atoms. The third kappa shape index (κ3) is 3.58. The fraction of sp³-hybridized carbons (Fsp3) is 0.409. The number of alkyl halides is 1. The molecule has 3 heterocycles. The Balaban J connectivity index is 1.41. The normalized spacial score (nSPS) is 20.2. The Morgan fingerprint density at radius 1 is 1.27 bits per heavy atom. The number of hydrogen-bond donors (Lipinski definition) is 1. The first-order chi connectivity index (χ1) is 14.5. The fourth-order valence-corrected chi connectivity index (χ4v) is 4.09. The Labute approximate surface area is 174 Å². The number of benzene rings is 1. The molecule has 3 aromatic rings. The van der Waals surface area contributed by atoms with Crippen molar-refractivity contribution in [3.63, 3.8) is 0 Å². The molecule has 2 atom stereocenters. The van der Waals surface area contributed by atoms with Crippen molar-refractivity contribution in [1.29, 1.82) is 0 Å². The van der Waals surface area contributed by atoms with Gasteiger partial charge in [0.05, 0.1) is 12.7 Å². The van der Waals surface area contributed by atoms with Gasteiger partial charge in [-0.3, -0.25) is 14.2 Å². The number of nitrogens with zero attached hydrogens (tertiary/aromatic N) is 5. The lowest BCUT2D eigenvalue weighted by Crippen LogP contribution is -2.34. The molecule has 0 radical (unpaired) electrons. The Hall–Kier alpha value is -3.16. The molecule has 1 saturated carbocycles. The van der Waals surface area contributed by atoms with Gasteiger partial charge >= 0.3 is 0 Å². The summed E-state index contributed by atoms with van der Waals surface area (Å²) in [6, 6.07) is 8.11. The summed E-state index contributed by atoms with van der Waals surface area (Å²) in [5.74, 6) is 0.874.